The Labute approximate surface area is 110 Å². The number of carboxylic acid groups (broad SMARTS) is 1. The van der Waals surface area contributed by atoms with Crippen molar-refractivity contribution in [2.24, 2.45) is 0 Å². The van der Waals surface area contributed by atoms with Gasteiger partial charge in [0, 0.05) is 11.9 Å². The maximum absolute atomic E-state index is 10.8. The van der Waals surface area contributed by atoms with Crippen LogP contribution in [0.15, 0.2) is 24.4 Å². The van der Waals surface area contributed by atoms with Crippen molar-refractivity contribution in [3.8, 4) is 0 Å². The van der Waals surface area contributed by atoms with Crippen LogP contribution < -0.4 is 11.1 Å². The lowest BCUT2D eigenvalue weighted by atomic mass is 10.2. The van der Waals surface area contributed by atoms with Gasteiger partial charge in [0.1, 0.15) is 0 Å². The van der Waals surface area contributed by atoms with Gasteiger partial charge in [-0.2, -0.15) is 0 Å². The third-order valence-corrected chi connectivity index (χ3v) is 2.64. The van der Waals surface area contributed by atoms with E-state index in [1.165, 1.54) is 12.3 Å². The molecule has 0 aromatic carbocycles. The second kappa shape index (κ2) is 4.93. The van der Waals surface area contributed by atoms with Crippen LogP contribution in [0.4, 0.5) is 17.2 Å². The first-order valence-corrected chi connectivity index (χ1v) is 5.67. The van der Waals surface area contributed by atoms with Gasteiger partial charge in [0.2, 0.25) is 0 Å². The number of nitrogens with two attached hydrogens (primary N) is 1. The molecule has 98 valence electrons. The molecule has 0 aliphatic heterocycles. The highest BCUT2D eigenvalue weighted by Gasteiger charge is 2.09. The Kier molecular flexibility index (Phi) is 3.33. The Hall–Kier alpha value is -2.63. The van der Waals surface area contributed by atoms with Crippen LogP contribution in [0.2, 0.25) is 0 Å². The van der Waals surface area contributed by atoms with Crippen molar-refractivity contribution < 1.29 is 9.90 Å². The summed E-state index contributed by atoms with van der Waals surface area (Å²) in [6.07, 6.45) is 1.26. The van der Waals surface area contributed by atoms with E-state index in [0.29, 0.717) is 5.82 Å². The average Bonchev–Trinajstić information content (AvgIpc) is 2.34. The fourth-order valence-electron chi connectivity index (χ4n) is 1.65. The molecule has 6 nitrogen and oxygen atoms in total. The van der Waals surface area contributed by atoms with Crippen molar-refractivity contribution in [1.29, 1.82) is 0 Å². The lowest BCUT2D eigenvalue weighted by Crippen LogP contribution is -2.05. The molecule has 2 aromatic rings. The zero-order valence-corrected chi connectivity index (χ0v) is 10.6. The minimum atomic E-state index is -1.06. The number of anilines is 3. The van der Waals surface area contributed by atoms with Gasteiger partial charge in [0.25, 0.3) is 0 Å². The highest BCUT2D eigenvalue weighted by molar-refractivity contribution is 5.89. The molecular weight excluding hydrogens is 244 g/mol. The number of hydrogen-bond donors (Lipinski definition) is 3. The molecule has 0 aliphatic carbocycles. The van der Waals surface area contributed by atoms with E-state index < -0.39 is 5.97 Å². The Bertz CT molecular complexity index is 641. The molecule has 0 fully saturated rings. The molecule has 0 aliphatic rings. The first-order chi connectivity index (χ1) is 8.97. The third kappa shape index (κ3) is 2.79. The summed E-state index contributed by atoms with van der Waals surface area (Å²) < 4.78 is 0. The maximum Gasteiger partial charge on any atom is 0.337 e. The predicted octanol–water partition coefficient (Wildman–Crippen LogP) is 2.12. The molecule has 0 saturated carbocycles. The summed E-state index contributed by atoms with van der Waals surface area (Å²) in [6, 6.07) is 5.12. The van der Waals surface area contributed by atoms with Crippen molar-refractivity contribution in [2.45, 2.75) is 13.8 Å². The molecule has 2 rings (SSSR count). The zero-order chi connectivity index (χ0) is 14.0. The van der Waals surface area contributed by atoms with Gasteiger partial charge in [-0.05, 0) is 32.0 Å². The Balaban J connectivity index is 2.31. The molecule has 0 atom stereocenters. The van der Waals surface area contributed by atoms with Gasteiger partial charge >= 0.3 is 5.97 Å². The van der Waals surface area contributed by atoms with E-state index in [0.717, 1.165) is 17.1 Å². The lowest BCUT2D eigenvalue weighted by molar-refractivity contribution is 0.0696. The molecule has 2 aromatic heterocycles. The number of rotatable bonds is 3. The number of nitrogens with one attached hydrogen (secondary N) is 1. The molecule has 0 spiro atoms. The van der Waals surface area contributed by atoms with Gasteiger partial charge in [-0.15, -0.1) is 0 Å². The predicted molar refractivity (Wildman–Crippen MR) is 72.6 cm³/mol. The highest BCUT2D eigenvalue weighted by Crippen LogP contribution is 2.23. The molecule has 0 bridgehead atoms. The summed E-state index contributed by atoms with van der Waals surface area (Å²) in [7, 11) is 0. The van der Waals surface area contributed by atoms with Crippen molar-refractivity contribution in [2.75, 3.05) is 11.1 Å². The van der Waals surface area contributed by atoms with Crippen LogP contribution >= 0.6 is 0 Å². The van der Waals surface area contributed by atoms with Crippen molar-refractivity contribution >= 4 is 23.2 Å². The molecule has 2 heterocycles. The number of aromatic nitrogens is 2. The van der Waals surface area contributed by atoms with E-state index in [1.54, 1.807) is 0 Å². The van der Waals surface area contributed by atoms with E-state index in [-0.39, 0.29) is 11.3 Å². The topological polar surface area (TPSA) is 101 Å². The number of hydrogen-bond acceptors (Lipinski definition) is 5. The van der Waals surface area contributed by atoms with Gasteiger partial charge < -0.3 is 16.2 Å². The number of pyridine rings is 2. The number of nitrogens with zero attached hydrogens (tertiary/aromatic N) is 2. The largest absolute Gasteiger partial charge is 0.478 e. The SMILES string of the molecule is Cc1ccc(Nc2ncc(C(=O)O)cc2N)c(C)n1. The van der Waals surface area contributed by atoms with Gasteiger partial charge in [-0.25, -0.2) is 9.78 Å². The fraction of sp³-hybridized carbons (Fsp3) is 0.154. The second-order valence-corrected chi connectivity index (χ2v) is 4.18. The summed E-state index contributed by atoms with van der Waals surface area (Å²) >= 11 is 0. The Morgan fingerprint density at radius 3 is 2.68 bits per heavy atom. The summed E-state index contributed by atoms with van der Waals surface area (Å²) in [4.78, 5) is 19.1. The van der Waals surface area contributed by atoms with Gasteiger partial charge in [-0.3, -0.25) is 4.98 Å². The number of aromatic carboxylic acids is 1. The standard InChI is InChI=1S/C13H14N4O2/c1-7-3-4-11(8(2)16-7)17-12-10(14)5-9(6-15-12)13(18)19/h3-6H,14H2,1-2H3,(H,15,17)(H,18,19). The number of nitrogen functional groups attached to an aromatic ring is 1. The first-order valence-electron chi connectivity index (χ1n) is 5.67. The summed E-state index contributed by atoms with van der Waals surface area (Å²) in [5, 5.41) is 11.9. The molecule has 0 amide bonds. The molecule has 19 heavy (non-hydrogen) atoms. The van der Waals surface area contributed by atoms with Gasteiger partial charge in [-0.1, -0.05) is 0 Å². The normalized spacial score (nSPS) is 10.2. The summed E-state index contributed by atoms with van der Waals surface area (Å²) in [6.45, 7) is 3.78. The van der Waals surface area contributed by atoms with Crippen LogP contribution in [0.25, 0.3) is 0 Å². The second-order valence-electron chi connectivity index (χ2n) is 4.18. The number of aryl methyl sites for hydroxylation is 2. The van der Waals surface area contributed by atoms with E-state index in [4.69, 9.17) is 10.8 Å². The highest BCUT2D eigenvalue weighted by atomic mass is 16.4. The van der Waals surface area contributed by atoms with Crippen LogP contribution in [-0.2, 0) is 0 Å². The summed E-state index contributed by atoms with van der Waals surface area (Å²) in [5.74, 6) is -0.641. The van der Waals surface area contributed by atoms with E-state index in [9.17, 15) is 4.79 Å². The zero-order valence-electron chi connectivity index (χ0n) is 10.6. The van der Waals surface area contributed by atoms with E-state index >= 15 is 0 Å². The minimum Gasteiger partial charge on any atom is -0.478 e. The van der Waals surface area contributed by atoms with Gasteiger partial charge in [0.15, 0.2) is 5.82 Å². The Morgan fingerprint density at radius 2 is 2.11 bits per heavy atom. The quantitative estimate of drug-likeness (QED) is 0.779. The molecule has 6 heteroatoms. The third-order valence-electron chi connectivity index (χ3n) is 2.64. The van der Waals surface area contributed by atoms with E-state index in [2.05, 4.69) is 15.3 Å². The maximum atomic E-state index is 10.8. The van der Waals surface area contributed by atoms with Crippen LogP contribution in [0.3, 0.4) is 0 Å². The number of carboxylic acids is 1. The molecule has 0 radical (unpaired) electrons. The van der Waals surface area contributed by atoms with Crippen molar-refractivity contribution in [3.05, 3.63) is 41.3 Å². The van der Waals surface area contributed by atoms with E-state index in [1.807, 2.05) is 26.0 Å². The van der Waals surface area contributed by atoms with Crippen molar-refractivity contribution in [3.63, 3.8) is 0 Å². The smallest absolute Gasteiger partial charge is 0.337 e. The molecular formula is C13H14N4O2. The monoisotopic (exact) mass is 258 g/mol. The molecule has 0 saturated heterocycles. The minimum absolute atomic E-state index is 0.0572. The first kappa shape index (κ1) is 12.8. The molecule has 4 N–H and O–H groups in total. The van der Waals surface area contributed by atoms with Crippen LogP contribution in [0.5, 0.6) is 0 Å². The van der Waals surface area contributed by atoms with Gasteiger partial charge in [0.05, 0.1) is 22.6 Å². The number of carbonyl (C=O) groups is 1. The lowest BCUT2D eigenvalue weighted by Gasteiger charge is -2.11. The van der Waals surface area contributed by atoms with Crippen LogP contribution in [-0.4, -0.2) is 21.0 Å². The van der Waals surface area contributed by atoms with Crippen LogP contribution in [0, 0.1) is 13.8 Å². The summed E-state index contributed by atoms with van der Waals surface area (Å²) in [5.41, 5.74) is 8.64. The Morgan fingerprint density at radius 1 is 1.37 bits per heavy atom. The van der Waals surface area contributed by atoms with Crippen LogP contribution in [0.1, 0.15) is 21.7 Å². The molecule has 0 unspecified atom stereocenters. The van der Waals surface area contributed by atoms with Crippen molar-refractivity contribution in [1.82, 2.24) is 9.97 Å². The fourth-order valence-corrected chi connectivity index (χ4v) is 1.65. The average molecular weight is 258 g/mol.